The normalized spacial score (nSPS) is 12.3. The van der Waals surface area contributed by atoms with Gasteiger partial charge in [0.05, 0.1) is 6.04 Å². The highest BCUT2D eigenvalue weighted by atomic mass is 16.5. The first-order valence-corrected chi connectivity index (χ1v) is 8.97. The van der Waals surface area contributed by atoms with Crippen LogP contribution in [-0.4, -0.2) is 25.2 Å². The zero-order valence-corrected chi connectivity index (χ0v) is 16.3. The Balaban J connectivity index is 1.83. The molecule has 2 aromatic rings. The summed E-state index contributed by atoms with van der Waals surface area (Å²) < 4.78 is 11.5. The smallest absolute Gasteiger partial charge is 0.258 e. The molecular formula is C22H29NO3. The summed E-state index contributed by atoms with van der Waals surface area (Å²) in [6.07, 6.45) is 0. The fourth-order valence-electron chi connectivity index (χ4n) is 2.65. The van der Waals surface area contributed by atoms with Gasteiger partial charge in [-0.25, -0.2) is 0 Å². The molecule has 4 nitrogen and oxygen atoms in total. The Kier molecular flexibility index (Phi) is 6.67. The van der Waals surface area contributed by atoms with Crippen molar-refractivity contribution in [2.24, 2.45) is 0 Å². The van der Waals surface area contributed by atoms with Gasteiger partial charge in [0.15, 0.2) is 6.61 Å². The molecule has 0 unspecified atom stereocenters. The molecule has 140 valence electrons. The molecule has 0 aliphatic rings. The van der Waals surface area contributed by atoms with Crippen molar-refractivity contribution in [2.45, 2.75) is 46.1 Å². The number of ether oxygens (including phenoxy) is 2. The van der Waals surface area contributed by atoms with E-state index in [-0.39, 0.29) is 24.0 Å². The van der Waals surface area contributed by atoms with E-state index in [1.54, 1.807) is 0 Å². The number of hydrogen-bond donors (Lipinski definition) is 1. The maximum absolute atomic E-state index is 12.2. The summed E-state index contributed by atoms with van der Waals surface area (Å²) in [6.45, 7) is 10.7. The molecule has 0 aliphatic carbocycles. The van der Waals surface area contributed by atoms with Gasteiger partial charge in [-0.15, -0.1) is 0 Å². The monoisotopic (exact) mass is 355 g/mol. The highest BCUT2D eigenvalue weighted by Gasteiger charge is 2.19. The summed E-state index contributed by atoms with van der Waals surface area (Å²) in [5.41, 5.74) is 2.12. The first kappa shape index (κ1) is 19.8. The number of nitrogens with one attached hydrogen (secondary N) is 1. The van der Waals surface area contributed by atoms with Crippen LogP contribution in [0.4, 0.5) is 0 Å². The van der Waals surface area contributed by atoms with Crippen molar-refractivity contribution < 1.29 is 14.3 Å². The van der Waals surface area contributed by atoms with Crippen molar-refractivity contribution in [2.75, 3.05) is 13.2 Å². The summed E-state index contributed by atoms with van der Waals surface area (Å²) in [5.74, 6) is 1.43. The van der Waals surface area contributed by atoms with Crippen molar-refractivity contribution >= 4 is 5.91 Å². The van der Waals surface area contributed by atoms with Crippen LogP contribution in [0, 0.1) is 6.92 Å². The third-order valence-corrected chi connectivity index (χ3v) is 4.04. The number of para-hydroxylation sites is 2. The van der Waals surface area contributed by atoms with E-state index in [2.05, 4.69) is 26.1 Å². The van der Waals surface area contributed by atoms with Crippen LogP contribution >= 0.6 is 0 Å². The fraction of sp³-hybridized carbons (Fsp3) is 0.409. The highest BCUT2D eigenvalue weighted by Crippen LogP contribution is 2.30. The Bertz CT molecular complexity index is 734. The van der Waals surface area contributed by atoms with Gasteiger partial charge in [-0.3, -0.25) is 4.79 Å². The van der Waals surface area contributed by atoms with Gasteiger partial charge in [-0.05, 0) is 42.5 Å². The summed E-state index contributed by atoms with van der Waals surface area (Å²) in [7, 11) is 0. The number of benzene rings is 2. The largest absolute Gasteiger partial charge is 0.491 e. The molecule has 0 heterocycles. The number of aryl methyl sites for hydroxylation is 1. The zero-order valence-electron chi connectivity index (χ0n) is 16.3. The van der Waals surface area contributed by atoms with Crippen LogP contribution in [0.15, 0.2) is 48.5 Å². The van der Waals surface area contributed by atoms with Crippen LogP contribution in [0.25, 0.3) is 0 Å². The predicted molar refractivity (Wildman–Crippen MR) is 105 cm³/mol. The molecule has 0 fully saturated rings. The average Bonchev–Trinajstić information content (AvgIpc) is 2.59. The van der Waals surface area contributed by atoms with E-state index in [4.69, 9.17) is 9.47 Å². The summed E-state index contributed by atoms with van der Waals surface area (Å²) in [5, 5.41) is 2.91. The predicted octanol–water partition coefficient (Wildman–Crippen LogP) is 4.26. The molecule has 0 aliphatic heterocycles. The van der Waals surface area contributed by atoms with Gasteiger partial charge in [-0.1, -0.05) is 57.2 Å². The molecule has 4 heteroatoms. The van der Waals surface area contributed by atoms with Gasteiger partial charge in [-0.2, -0.15) is 0 Å². The minimum absolute atomic E-state index is 0.0121. The average molecular weight is 355 g/mol. The third-order valence-electron chi connectivity index (χ3n) is 4.04. The molecule has 0 bridgehead atoms. The van der Waals surface area contributed by atoms with Gasteiger partial charge in [0.25, 0.3) is 5.91 Å². The summed E-state index contributed by atoms with van der Waals surface area (Å²) in [6, 6.07) is 15.6. The Morgan fingerprint density at radius 2 is 1.62 bits per heavy atom. The number of amides is 1. The van der Waals surface area contributed by atoms with Crippen molar-refractivity contribution in [1.82, 2.24) is 5.32 Å². The molecule has 0 spiro atoms. The van der Waals surface area contributed by atoms with Crippen LogP contribution in [0.3, 0.4) is 0 Å². The lowest BCUT2D eigenvalue weighted by atomic mass is 9.86. The minimum atomic E-state index is -0.158. The van der Waals surface area contributed by atoms with Crippen LogP contribution in [-0.2, 0) is 10.2 Å². The van der Waals surface area contributed by atoms with Crippen LogP contribution in [0.1, 0.15) is 38.8 Å². The maximum Gasteiger partial charge on any atom is 0.258 e. The van der Waals surface area contributed by atoms with Gasteiger partial charge < -0.3 is 14.8 Å². The topological polar surface area (TPSA) is 47.6 Å². The van der Waals surface area contributed by atoms with Crippen molar-refractivity contribution in [3.05, 3.63) is 59.7 Å². The SMILES string of the molecule is Cc1ccccc1OC[C@@H](C)NC(=O)COc1ccccc1C(C)(C)C. The second-order valence-corrected chi connectivity index (χ2v) is 7.58. The van der Waals surface area contributed by atoms with E-state index in [9.17, 15) is 4.79 Å². The standard InChI is InChI=1S/C22H29NO3/c1-16-10-6-8-12-19(16)25-14-17(2)23-21(24)15-26-20-13-9-7-11-18(20)22(3,4)5/h6-13,17H,14-15H2,1-5H3,(H,23,24)/t17-/m1/s1. The summed E-state index contributed by atoms with van der Waals surface area (Å²) >= 11 is 0. The van der Waals surface area contributed by atoms with Crippen LogP contribution in [0.2, 0.25) is 0 Å². The molecule has 2 rings (SSSR count). The molecule has 0 saturated carbocycles. The Labute approximate surface area is 156 Å². The molecule has 0 radical (unpaired) electrons. The molecule has 1 amide bonds. The summed E-state index contributed by atoms with van der Waals surface area (Å²) in [4.78, 5) is 12.2. The maximum atomic E-state index is 12.2. The van der Waals surface area contributed by atoms with Gasteiger partial charge in [0, 0.05) is 0 Å². The van der Waals surface area contributed by atoms with E-state index in [1.807, 2.05) is 62.4 Å². The Hall–Kier alpha value is -2.49. The van der Waals surface area contributed by atoms with Crippen molar-refractivity contribution in [3.63, 3.8) is 0 Å². The lowest BCUT2D eigenvalue weighted by Crippen LogP contribution is -2.39. The third kappa shape index (κ3) is 5.80. The Morgan fingerprint density at radius 1 is 1.00 bits per heavy atom. The van der Waals surface area contributed by atoms with E-state index in [1.165, 1.54) is 0 Å². The lowest BCUT2D eigenvalue weighted by molar-refractivity contribution is -0.123. The molecule has 2 aromatic carbocycles. The number of rotatable bonds is 7. The lowest BCUT2D eigenvalue weighted by Gasteiger charge is -2.23. The molecule has 1 atom stereocenters. The van der Waals surface area contributed by atoms with E-state index in [0.717, 1.165) is 22.6 Å². The second kappa shape index (κ2) is 8.75. The first-order valence-electron chi connectivity index (χ1n) is 8.97. The zero-order chi connectivity index (χ0) is 19.2. The number of hydrogen-bond acceptors (Lipinski definition) is 3. The molecule has 26 heavy (non-hydrogen) atoms. The molecule has 0 saturated heterocycles. The minimum Gasteiger partial charge on any atom is -0.491 e. The Morgan fingerprint density at radius 3 is 2.27 bits per heavy atom. The van der Waals surface area contributed by atoms with E-state index < -0.39 is 0 Å². The first-order chi connectivity index (χ1) is 12.3. The quantitative estimate of drug-likeness (QED) is 0.807. The van der Waals surface area contributed by atoms with Crippen molar-refractivity contribution in [3.8, 4) is 11.5 Å². The van der Waals surface area contributed by atoms with Gasteiger partial charge >= 0.3 is 0 Å². The van der Waals surface area contributed by atoms with Gasteiger partial charge in [0.2, 0.25) is 0 Å². The van der Waals surface area contributed by atoms with Crippen molar-refractivity contribution in [1.29, 1.82) is 0 Å². The van der Waals surface area contributed by atoms with Gasteiger partial charge in [0.1, 0.15) is 18.1 Å². The molecule has 1 N–H and O–H groups in total. The van der Waals surface area contributed by atoms with Crippen LogP contribution in [0.5, 0.6) is 11.5 Å². The van der Waals surface area contributed by atoms with Crippen LogP contribution < -0.4 is 14.8 Å². The number of carbonyl (C=O) groups excluding carboxylic acids is 1. The second-order valence-electron chi connectivity index (χ2n) is 7.58. The fourth-order valence-corrected chi connectivity index (χ4v) is 2.65. The molecule has 0 aromatic heterocycles. The van der Waals surface area contributed by atoms with E-state index >= 15 is 0 Å². The molecular weight excluding hydrogens is 326 g/mol. The number of carbonyl (C=O) groups is 1. The highest BCUT2D eigenvalue weighted by molar-refractivity contribution is 5.77. The van der Waals surface area contributed by atoms with E-state index in [0.29, 0.717) is 6.61 Å².